The van der Waals surface area contributed by atoms with Gasteiger partial charge < -0.3 is 10.6 Å². The Bertz CT molecular complexity index is 258. The normalized spacial score (nSPS) is 29.7. The van der Waals surface area contributed by atoms with Crippen LogP contribution in [0.1, 0.15) is 45.4 Å². The number of carbonyl (C=O) groups is 1. The van der Waals surface area contributed by atoms with Crippen LogP contribution >= 0.6 is 11.8 Å². The highest BCUT2D eigenvalue weighted by molar-refractivity contribution is 8.00. The summed E-state index contributed by atoms with van der Waals surface area (Å²) in [6.07, 6.45) is 7.62. The van der Waals surface area contributed by atoms with E-state index in [2.05, 4.69) is 17.6 Å². The number of thioether (sulfide) groups is 1. The maximum Gasteiger partial charge on any atom is 0.234 e. The van der Waals surface area contributed by atoms with Gasteiger partial charge in [0.05, 0.1) is 6.54 Å². The number of hydrogen-bond acceptors (Lipinski definition) is 3. The molecule has 1 saturated heterocycles. The van der Waals surface area contributed by atoms with Crippen molar-refractivity contribution in [2.75, 3.05) is 18.8 Å². The summed E-state index contributed by atoms with van der Waals surface area (Å²) < 4.78 is 0.281. The van der Waals surface area contributed by atoms with Gasteiger partial charge in [0, 0.05) is 17.3 Å². The molecule has 1 heterocycles. The Hall–Kier alpha value is -0.220. The van der Waals surface area contributed by atoms with Crippen molar-refractivity contribution in [3.63, 3.8) is 0 Å². The van der Waals surface area contributed by atoms with E-state index in [1.54, 1.807) is 0 Å². The van der Waals surface area contributed by atoms with Crippen molar-refractivity contribution in [1.29, 1.82) is 0 Å². The molecule has 3 nitrogen and oxygen atoms in total. The van der Waals surface area contributed by atoms with Gasteiger partial charge in [0.1, 0.15) is 0 Å². The topological polar surface area (TPSA) is 41.1 Å². The van der Waals surface area contributed by atoms with E-state index >= 15 is 0 Å². The van der Waals surface area contributed by atoms with Gasteiger partial charge in [-0.1, -0.05) is 12.8 Å². The first kappa shape index (κ1) is 13.2. The van der Waals surface area contributed by atoms with Crippen LogP contribution in [-0.2, 0) is 4.79 Å². The molecule has 1 saturated carbocycles. The second kappa shape index (κ2) is 6.10. The Morgan fingerprint density at radius 3 is 2.76 bits per heavy atom. The summed E-state index contributed by atoms with van der Waals surface area (Å²) in [5.74, 6) is 1.40. The second-order valence-corrected chi connectivity index (χ2v) is 7.22. The highest BCUT2D eigenvalue weighted by atomic mass is 32.2. The summed E-state index contributed by atoms with van der Waals surface area (Å²) >= 11 is 1.99. The SMILES string of the molecule is CC1(CNC(=O)CNC2CCCC2)CCCS1. The monoisotopic (exact) mass is 256 g/mol. The molecule has 0 radical (unpaired) electrons. The fraction of sp³-hybridized carbons (Fsp3) is 0.923. The van der Waals surface area contributed by atoms with Crippen LogP contribution in [-0.4, -0.2) is 35.5 Å². The van der Waals surface area contributed by atoms with E-state index < -0.39 is 0 Å². The van der Waals surface area contributed by atoms with E-state index in [0.717, 1.165) is 6.54 Å². The Balaban J connectivity index is 1.60. The van der Waals surface area contributed by atoms with Gasteiger partial charge in [-0.15, -0.1) is 0 Å². The van der Waals surface area contributed by atoms with Crippen molar-refractivity contribution in [3.05, 3.63) is 0 Å². The maximum absolute atomic E-state index is 11.7. The molecule has 2 fully saturated rings. The molecule has 4 heteroatoms. The summed E-state index contributed by atoms with van der Waals surface area (Å²) in [4.78, 5) is 11.7. The molecule has 2 aliphatic rings. The van der Waals surface area contributed by atoms with E-state index in [9.17, 15) is 4.79 Å². The number of rotatable bonds is 5. The molecule has 1 aliphatic heterocycles. The number of carbonyl (C=O) groups excluding carboxylic acids is 1. The average molecular weight is 256 g/mol. The van der Waals surface area contributed by atoms with Crippen LogP contribution in [0.5, 0.6) is 0 Å². The third kappa shape index (κ3) is 4.18. The Kier molecular flexibility index (Phi) is 4.74. The standard InChI is InChI=1S/C13H24N2OS/c1-13(7-4-8-17-13)10-15-12(16)9-14-11-5-2-3-6-11/h11,14H,2-10H2,1H3,(H,15,16). The molecule has 2 rings (SSSR count). The minimum absolute atomic E-state index is 0.158. The first-order valence-electron chi connectivity index (χ1n) is 6.82. The smallest absolute Gasteiger partial charge is 0.234 e. The van der Waals surface area contributed by atoms with E-state index in [-0.39, 0.29) is 10.7 Å². The maximum atomic E-state index is 11.7. The lowest BCUT2D eigenvalue weighted by Gasteiger charge is -2.23. The molecular formula is C13H24N2OS. The molecule has 1 unspecified atom stereocenters. The largest absolute Gasteiger partial charge is 0.354 e. The van der Waals surface area contributed by atoms with Gasteiger partial charge in [-0.25, -0.2) is 0 Å². The van der Waals surface area contributed by atoms with Crippen molar-refractivity contribution in [2.24, 2.45) is 0 Å². The lowest BCUT2D eigenvalue weighted by Crippen LogP contribution is -2.42. The third-order valence-corrected chi connectivity index (χ3v) is 5.40. The molecule has 0 aromatic rings. The quantitative estimate of drug-likeness (QED) is 0.789. The van der Waals surface area contributed by atoms with Crippen molar-refractivity contribution < 1.29 is 4.79 Å². The molecule has 17 heavy (non-hydrogen) atoms. The minimum Gasteiger partial charge on any atom is -0.354 e. The van der Waals surface area contributed by atoms with Gasteiger partial charge in [-0.2, -0.15) is 11.8 Å². The fourth-order valence-corrected chi connectivity index (χ4v) is 3.94. The van der Waals surface area contributed by atoms with Gasteiger partial charge in [0.2, 0.25) is 5.91 Å². The van der Waals surface area contributed by atoms with Crippen LogP contribution in [0.2, 0.25) is 0 Å². The van der Waals surface area contributed by atoms with Crippen LogP contribution in [0.4, 0.5) is 0 Å². The number of nitrogens with one attached hydrogen (secondary N) is 2. The van der Waals surface area contributed by atoms with Crippen LogP contribution in [0.25, 0.3) is 0 Å². The van der Waals surface area contributed by atoms with Crippen LogP contribution in [0.15, 0.2) is 0 Å². The van der Waals surface area contributed by atoms with Gasteiger partial charge in [-0.05, 0) is 38.4 Å². The molecule has 0 bridgehead atoms. The van der Waals surface area contributed by atoms with Crippen LogP contribution in [0.3, 0.4) is 0 Å². The number of amides is 1. The molecule has 0 aromatic heterocycles. The highest BCUT2D eigenvalue weighted by Crippen LogP contribution is 2.36. The lowest BCUT2D eigenvalue weighted by molar-refractivity contribution is -0.120. The lowest BCUT2D eigenvalue weighted by atomic mass is 10.1. The molecule has 1 aliphatic carbocycles. The van der Waals surface area contributed by atoms with Gasteiger partial charge in [0.25, 0.3) is 0 Å². The second-order valence-electron chi connectivity index (χ2n) is 5.54. The molecular weight excluding hydrogens is 232 g/mol. The average Bonchev–Trinajstić information content (AvgIpc) is 2.95. The molecule has 1 amide bonds. The predicted molar refractivity (Wildman–Crippen MR) is 73.4 cm³/mol. The summed E-state index contributed by atoms with van der Waals surface area (Å²) in [5, 5.41) is 6.42. The zero-order valence-electron chi connectivity index (χ0n) is 10.8. The minimum atomic E-state index is 0.158. The number of hydrogen-bond donors (Lipinski definition) is 2. The van der Waals surface area contributed by atoms with E-state index in [1.807, 2.05) is 11.8 Å². The van der Waals surface area contributed by atoms with Crippen molar-refractivity contribution in [2.45, 2.75) is 56.2 Å². The van der Waals surface area contributed by atoms with E-state index in [0.29, 0.717) is 12.6 Å². The van der Waals surface area contributed by atoms with Crippen molar-refractivity contribution in [1.82, 2.24) is 10.6 Å². The Morgan fingerprint density at radius 2 is 2.12 bits per heavy atom. The molecule has 98 valence electrons. The summed E-state index contributed by atoms with van der Waals surface area (Å²) in [6, 6.07) is 0.581. The third-order valence-electron chi connectivity index (χ3n) is 3.87. The van der Waals surface area contributed by atoms with Crippen molar-refractivity contribution in [3.8, 4) is 0 Å². The Morgan fingerprint density at radius 1 is 1.35 bits per heavy atom. The van der Waals surface area contributed by atoms with Crippen molar-refractivity contribution >= 4 is 17.7 Å². The highest BCUT2D eigenvalue weighted by Gasteiger charge is 2.29. The molecule has 1 atom stereocenters. The summed E-state index contributed by atoms with van der Waals surface area (Å²) in [6.45, 7) is 3.57. The molecule has 0 aromatic carbocycles. The van der Waals surface area contributed by atoms with E-state index in [1.165, 1.54) is 44.3 Å². The zero-order valence-corrected chi connectivity index (χ0v) is 11.6. The van der Waals surface area contributed by atoms with E-state index in [4.69, 9.17) is 0 Å². The van der Waals surface area contributed by atoms with Crippen LogP contribution < -0.4 is 10.6 Å². The summed E-state index contributed by atoms with van der Waals surface area (Å²) in [7, 11) is 0. The van der Waals surface area contributed by atoms with Gasteiger partial charge in [-0.3, -0.25) is 4.79 Å². The van der Waals surface area contributed by atoms with Gasteiger partial charge >= 0.3 is 0 Å². The Labute approximate surface area is 108 Å². The molecule has 0 spiro atoms. The first-order chi connectivity index (χ1) is 8.18. The molecule has 2 N–H and O–H groups in total. The first-order valence-corrected chi connectivity index (χ1v) is 7.81. The summed E-state index contributed by atoms with van der Waals surface area (Å²) in [5.41, 5.74) is 0. The predicted octanol–water partition coefficient (Wildman–Crippen LogP) is 1.92. The zero-order chi connectivity index (χ0) is 12.1. The fourth-order valence-electron chi connectivity index (χ4n) is 2.69. The van der Waals surface area contributed by atoms with Crippen LogP contribution in [0, 0.1) is 0 Å². The van der Waals surface area contributed by atoms with Gasteiger partial charge in [0.15, 0.2) is 0 Å².